The van der Waals surface area contributed by atoms with E-state index < -0.39 is 11.9 Å². The van der Waals surface area contributed by atoms with Crippen LogP contribution in [0.1, 0.15) is 109 Å². The minimum Gasteiger partial charge on any atom is -0.395 e. The van der Waals surface area contributed by atoms with Crippen molar-refractivity contribution < 1.29 is 62.3 Å². The number of hydrogen-bond donors (Lipinski definition) is 6. The van der Waals surface area contributed by atoms with E-state index in [0.717, 1.165) is 47.6 Å². The summed E-state index contributed by atoms with van der Waals surface area (Å²) in [5.74, 6) is -0.00173. The number of rotatable bonds is 20. The average molecular weight is 1800 g/mol. The summed E-state index contributed by atoms with van der Waals surface area (Å²) < 4.78 is 45.4. The van der Waals surface area contributed by atoms with Crippen LogP contribution in [0.5, 0.6) is 11.5 Å². The number of carbonyl (C=O) groups excluding carboxylic acids is 5. The van der Waals surface area contributed by atoms with Gasteiger partial charge in [0.2, 0.25) is 0 Å². The maximum atomic E-state index is 13.7. The van der Waals surface area contributed by atoms with Crippen molar-refractivity contribution in [1.29, 1.82) is 0 Å². The van der Waals surface area contributed by atoms with Crippen LogP contribution < -0.4 is 66.6 Å². The minimum absolute atomic E-state index is 0.0129. The summed E-state index contributed by atoms with van der Waals surface area (Å²) in [7, 11) is 14.7. The Hall–Kier alpha value is -14.8. The van der Waals surface area contributed by atoms with Crippen molar-refractivity contribution in [3.05, 3.63) is 292 Å². The lowest BCUT2D eigenvalue weighted by Crippen LogP contribution is -2.47. The number of carbonyl (C=O) groups is 5. The Morgan fingerprint density at radius 3 is 1.18 bits per heavy atom. The highest BCUT2D eigenvalue weighted by Crippen LogP contribution is 2.45. The number of alkyl halides is 2. The summed E-state index contributed by atoms with van der Waals surface area (Å²) in [6.45, 7) is 5.64. The Balaban J connectivity index is 0.000000139. The van der Waals surface area contributed by atoms with E-state index in [4.69, 9.17) is 4.74 Å². The van der Waals surface area contributed by atoms with Gasteiger partial charge in [-0.15, -0.1) is 8.78 Å². The number of hydrogen-bond acceptors (Lipinski definition) is 23. The quantitative estimate of drug-likeness (QED) is 0.0413. The Morgan fingerprint density at radius 1 is 0.421 bits per heavy atom. The number of benzene rings is 9. The molecule has 3 fully saturated rings. The third kappa shape index (κ3) is 18.9. The van der Waals surface area contributed by atoms with Crippen LogP contribution in [0.3, 0.4) is 0 Å². The number of ether oxygens (including phenoxy) is 3. The molecule has 0 unspecified atom stereocenters. The molecule has 5 amide bonds. The van der Waals surface area contributed by atoms with Gasteiger partial charge in [-0.2, -0.15) is 0 Å². The maximum Gasteiger partial charge on any atom is 0.586 e. The number of fused-ring (bicyclic) bond motifs is 4. The molecule has 31 nitrogen and oxygen atoms in total. The molecule has 33 heteroatoms. The number of aliphatic hydroxyl groups is 3. The highest BCUT2D eigenvalue weighted by molar-refractivity contribution is 6.11. The first-order chi connectivity index (χ1) is 64.1. The molecule has 6 N–H and O–H groups in total. The summed E-state index contributed by atoms with van der Waals surface area (Å²) in [5, 5.41) is 40.7. The van der Waals surface area contributed by atoms with Crippen molar-refractivity contribution in [3.63, 3.8) is 0 Å². The molecule has 0 spiro atoms. The minimum atomic E-state index is -3.77. The second-order valence-electron chi connectivity index (χ2n) is 34.2. The van der Waals surface area contributed by atoms with Gasteiger partial charge >= 0.3 is 6.29 Å². The number of aliphatic hydroxyl groups excluding tert-OH is 3. The van der Waals surface area contributed by atoms with E-state index in [9.17, 15) is 62.5 Å². The summed E-state index contributed by atoms with van der Waals surface area (Å²) >= 11 is 0. The molecule has 9 heterocycles. The van der Waals surface area contributed by atoms with E-state index in [-0.39, 0.29) is 95.1 Å². The van der Waals surface area contributed by atoms with Gasteiger partial charge < -0.3 is 98.4 Å². The van der Waals surface area contributed by atoms with Gasteiger partial charge in [0, 0.05) is 223 Å². The molecule has 684 valence electrons. The van der Waals surface area contributed by atoms with E-state index in [0.29, 0.717) is 185 Å². The smallest absolute Gasteiger partial charge is 0.395 e. The van der Waals surface area contributed by atoms with Gasteiger partial charge in [0.1, 0.15) is 0 Å². The summed E-state index contributed by atoms with van der Waals surface area (Å²) in [4.78, 5) is 135. The van der Waals surface area contributed by atoms with Crippen LogP contribution in [0, 0.1) is 0 Å². The monoisotopic (exact) mass is 1800 g/mol. The standard InChI is InChI=1S/C35H39N7O4.C35H35N5O5.C30H27F2N5O5/c1-38(2)26-12-13-27-24(20-26)14-15-42(34(27)45)31-7-5-6-28(29(31)22-43)30-21-40(4)35(46)32(37-30)36-25-10-8-23(9-11-25)33(44)41-18-16-39(3)17-19-41;1-38-20-30(37-32(35(38)44)36-26-10-7-23(8-11-26)33(42)39-15-17-45-18-16-39)28-3-2-4-31(29(28)21-41)40-14-13-25-19-24(22-5-6-22)9-12-27(25)34(40)43;1-35(2)19-8-9-20-17(13-19)11-12-37(28(20)39)24-6-4-5-21(22(24)16-38)23-15-36(3)29(40)27(34-23)33-18-7-10-25-26(14-18)42-30(31,32)41-25/h5-13,20-21,43H,14-19,22H2,1-4H3,(H,36,37);2-4,7-12,19-20,22,41H,5-6,13-18,21H2,1H3,(H,36,37);4-10,13-15,38H,11-12,16H2,1-3H3,(H,33,34). The molecular formula is C100H101F2N17O14. The first kappa shape index (κ1) is 90.2. The molecule has 1 saturated carbocycles. The molecule has 0 atom stereocenters. The molecule has 0 radical (unpaired) electrons. The van der Waals surface area contributed by atoms with Gasteiger partial charge in [-0.05, 0) is 189 Å². The normalized spacial score (nSPS) is 15.5. The van der Waals surface area contributed by atoms with Crippen molar-refractivity contribution >= 4 is 92.5 Å². The topological polar surface area (TPSA) is 340 Å². The third-order valence-corrected chi connectivity index (χ3v) is 25.0. The third-order valence-electron chi connectivity index (χ3n) is 25.0. The van der Waals surface area contributed by atoms with Crippen LogP contribution in [-0.4, -0.2) is 202 Å². The Kier molecular flexibility index (Phi) is 25.7. The first-order valence-electron chi connectivity index (χ1n) is 44.0. The van der Waals surface area contributed by atoms with Crippen LogP contribution in [0.15, 0.2) is 209 Å². The predicted octanol–water partition coefficient (Wildman–Crippen LogP) is 11.8. The number of amides is 5. The highest BCUT2D eigenvalue weighted by Gasteiger charge is 2.44. The lowest BCUT2D eigenvalue weighted by Gasteiger charge is -2.32. The Morgan fingerprint density at radius 2 is 0.789 bits per heavy atom. The van der Waals surface area contributed by atoms with E-state index >= 15 is 0 Å². The molecule has 2 saturated heterocycles. The molecule has 9 aromatic carbocycles. The number of aromatic nitrogens is 6. The Labute approximate surface area is 764 Å². The number of likely N-dealkylation sites (N-methyl/N-ethyl adjacent to an activating group) is 1. The molecule has 7 aliphatic rings. The summed E-state index contributed by atoms with van der Waals surface area (Å²) in [5.41, 5.74) is 16.3. The van der Waals surface area contributed by atoms with E-state index in [1.807, 2.05) is 123 Å². The Bertz CT molecular complexity index is 6740. The molecule has 19 rings (SSSR count). The molecule has 12 aromatic rings. The fraction of sp³-hybridized carbons (Fsp3) is 0.290. The number of morpholine rings is 1. The number of halogens is 2. The van der Waals surface area contributed by atoms with Crippen LogP contribution in [-0.2, 0) is 65.0 Å². The molecule has 133 heavy (non-hydrogen) atoms. The van der Waals surface area contributed by atoms with Gasteiger partial charge in [0.25, 0.3) is 46.2 Å². The number of aryl methyl sites for hydroxylation is 3. The predicted molar refractivity (Wildman–Crippen MR) is 504 cm³/mol. The second kappa shape index (κ2) is 38.0. The van der Waals surface area contributed by atoms with E-state index in [1.54, 1.807) is 120 Å². The largest absolute Gasteiger partial charge is 0.586 e. The fourth-order valence-corrected chi connectivity index (χ4v) is 17.5. The number of nitrogens with zero attached hydrogens (tertiary/aromatic N) is 14. The molecule has 6 aliphatic heterocycles. The molecule has 0 bridgehead atoms. The lowest BCUT2D eigenvalue weighted by atomic mass is 9.93. The van der Waals surface area contributed by atoms with Crippen molar-refractivity contribution in [1.82, 2.24) is 43.4 Å². The van der Waals surface area contributed by atoms with Crippen LogP contribution in [0.4, 0.5) is 71.7 Å². The van der Waals surface area contributed by atoms with Crippen LogP contribution in [0.25, 0.3) is 33.8 Å². The van der Waals surface area contributed by atoms with Crippen molar-refractivity contribution in [2.45, 2.75) is 64.1 Å². The average Bonchev–Trinajstić information content (AvgIpc) is 1.60. The SMILES string of the molecule is CN(C)c1ccc2c(c1)CCN(c1cccc(-c3cn(C)c(=O)c(Nc4ccc5c(c4)OC(F)(F)O5)n3)c1CO)C2=O.CN1CCN(C(=O)c2ccc(Nc3nc(-c4cccc(N5CCc6cc(N(C)C)ccc6C5=O)c4CO)cn(C)c3=O)cc2)CC1.Cn1cc(-c2cccc(N3CCc4cc(C5CC5)ccc4C3=O)c2CO)nc(Nc2ccc(C(=O)N3CCOCC3)cc2)c1=O. The summed E-state index contributed by atoms with van der Waals surface area (Å²) in [6, 6.07) is 52.1. The zero-order valence-corrected chi connectivity index (χ0v) is 74.8. The van der Waals surface area contributed by atoms with E-state index in [1.165, 1.54) is 56.5 Å². The first-order valence-corrected chi connectivity index (χ1v) is 44.0. The van der Waals surface area contributed by atoms with Gasteiger partial charge in [-0.25, -0.2) is 15.0 Å². The highest BCUT2D eigenvalue weighted by atomic mass is 19.3. The second-order valence-corrected chi connectivity index (χ2v) is 34.2. The van der Waals surface area contributed by atoms with Gasteiger partial charge in [0.05, 0.1) is 67.2 Å². The molecular weight excluding hydrogens is 1700 g/mol. The zero-order valence-electron chi connectivity index (χ0n) is 74.8. The van der Waals surface area contributed by atoms with Gasteiger partial charge in [-0.1, -0.05) is 48.5 Å². The lowest BCUT2D eigenvalue weighted by molar-refractivity contribution is -0.286. The molecule has 3 aromatic heterocycles. The molecule has 1 aliphatic carbocycles. The van der Waals surface area contributed by atoms with Crippen LogP contribution >= 0.6 is 0 Å². The zero-order chi connectivity index (χ0) is 93.4. The number of nitrogens with one attached hydrogen (secondary N) is 3. The van der Waals surface area contributed by atoms with Crippen molar-refractivity contribution in [2.24, 2.45) is 21.1 Å². The number of anilines is 11. The fourth-order valence-electron chi connectivity index (χ4n) is 17.5. The van der Waals surface area contributed by atoms with Crippen LogP contribution in [0.2, 0.25) is 0 Å². The van der Waals surface area contributed by atoms with E-state index in [2.05, 4.69) is 63.5 Å². The maximum absolute atomic E-state index is 13.7. The summed E-state index contributed by atoms with van der Waals surface area (Å²) in [6.07, 6.45) is 5.50. The number of piperazine rings is 1. The van der Waals surface area contributed by atoms with Crippen molar-refractivity contribution in [3.8, 4) is 45.3 Å². The van der Waals surface area contributed by atoms with Gasteiger partial charge in [-0.3, -0.25) is 38.4 Å². The van der Waals surface area contributed by atoms with Gasteiger partial charge in [0.15, 0.2) is 29.0 Å². The van der Waals surface area contributed by atoms with Crippen molar-refractivity contribution in [2.75, 3.05) is 148 Å².